The van der Waals surface area contributed by atoms with E-state index in [0.29, 0.717) is 19.4 Å². The van der Waals surface area contributed by atoms with E-state index in [0.717, 1.165) is 42.7 Å². The van der Waals surface area contributed by atoms with Crippen LogP contribution in [0.3, 0.4) is 0 Å². The molecule has 8 heteroatoms. The van der Waals surface area contributed by atoms with Crippen molar-refractivity contribution in [3.05, 3.63) is 35.7 Å². The number of amides is 1. The van der Waals surface area contributed by atoms with Crippen LogP contribution >= 0.6 is 0 Å². The number of nitrogens with zero attached hydrogens (tertiary/aromatic N) is 6. The van der Waals surface area contributed by atoms with Gasteiger partial charge >= 0.3 is 0 Å². The minimum atomic E-state index is -0.0160. The van der Waals surface area contributed by atoms with E-state index in [1.807, 2.05) is 42.9 Å². The number of rotatable bonds is 9. The van der Waals surface area contributed by atoms with Crippen molar-refractivity contribution in [3.63, 3.8) is 0 Å². The third-order valence-electron chi connectivity index (χ3n) is 6.16. The summed E-state index contributed by atoms with van der Waals surface area (Å²) in [5.41, 5.74) is 1.06. The maximum atomic E-state index is 12.7. The van der Waals surface area contributed by atoms with Crippen LogP contribution in [0.1, 0.15) is 57.0 Å². The minimum absolute atomic E-state index is 0.0160. The average molecular weight is 415 g/mol. The first-order valence-corrected chi connectivity index (χ1v) is 10.8. The van der Waals surface area contributed by atoms with Gasteiger partial charge in [0.05, 0.1) is 19.7 Å². The van der Waals surface area contributed by atoms with Gasteiger partial charge in [-0.2, -0.15) is 0 Å². The zero-order valence-electron chi connectivity index (χ0n) is 18.6. The SMILES string of the molecule is COc1cccc([C@@H](C)N(C)C(=O)CCCn2nnnc2CN2CCC(C)CC2)c1. The lowest BCUT2D eigenvalue weighted by Crippen LogP contribution is -2.33. The fraction of sp³-hybridized carbons (Fsp3) is 0.636. The Kier molecular flexibility index (Phi) is 7.79. The van der Waals surface area contributed by atoms with E-state index in [1.54, 1.807) is 12.0 Å². The Balaban J connectivity index is 1.48. The van der Waals surface area contributed by atoms with E-state index < -0.39 is 0 Å². The molecule has 1 amide bonds. The number of tetrazole rings is 1. The second-order valence-corrected chi connectivity index (χ2v) is 8.34. The van der Waals surface area contributed by atoms with Gasteiger partial charge in [-0.05, 0) is 73.3 Å². The van der Waals surface area contributed by atoms with Gasteiger partial charge in [-0.3, -0.25) is 9.69 Å². The van der Waals surface area contributed by atoms with Crippen molar-refractivity contribution in [1.82, 2.24) is 30.0 Å². The maximum Gasteiger partial charge on any atom is 0.222 e. The molecular weight excluding hydrogens is 380 g/mol. The highest BCUT2D eigenvalue weighted by atomic mass is 16.5. The largest absolute Gasteiger partial charge is 0.497 e. The summed E-state index contributed by atoms with van der Waals surface area (Å²) in [6, 6.07) is 7.84. The highest BCUT2D eigenvalue weighted by Gasteiger charge is 2.20. The van der Waals surface area contributed by atoms with Crippen LogP contribution in [0.25, 0.3) is 0 Å². The molecule has 0 radical (unpaired) electrons. The number of hydrogen-bond acceptors (Lipinski definition) is 6. The summed E-state index contributed by atoms with van der Waals surface area (Å²) in [5.74, 6) is 2.61. The molecule has 0 bridgehead atoms. The highest BCUT2D eigenvalue weighted by molar-refractivity contribution is 5.76. The molecule has 0 N–H and O–H groups in total. The molecule has 1 aliphatic heterocycles. The molecule has 1 aliphatic rings. The zero-order valence-corrected chi connectivity index (χ0v) is 18.6. The Bertz CT molecular complexity index is 815. The molecule has 1 saturated heterocycles. The van der Waals surface area contributed by atoms with E-state index in [1.165, 1.54) is 12.8 Å². The number of likely N-dealkylation sites (tertiary alicyclic amines) is 1. The number of carbonyl (C=O) groups is 1. The summed E-state index contributed by atoms with van der Waals surface area (Å²) in [6.07, 6.45) is 3.64. The smallest absolute Gasteiger partial charge is 0.222 e. The number of benzene rings is 1. The predicted octanol–water partition coefficient (Wildman–Crippen LogP) is 2.91. The summed E-state index contributed by atoms with van der Waals surface area (Å²) in [7, 11) is 3.50. The zero-order chi connectivity index (χ0) is 21.5. The maximum absolute atomic E-state index is 12.7. The van der Waals surface area contributed by atoms with Crippen molar-refractivity contribution in [3.8, 4) is 5.75 Å². The number of hydrogen-bond donors (Lipinski definition) is 0. The average Bonchev–Trinajstić information content (AvgIpc) is 3.21. The number of carbonyl (C=O) groups excluding carboxylic acids is 1. The van der Waals surface area contributed by atoms with Crippen molar-refractivity contribution < 1.29 is 9.53 Å². The molecule has 0 spiro atoms. The first-order valence-electron chi connectivity index (χ1n) is 10.8. The molecule has 1 fully saturated rings. The van der Waals surface area contributed by atoms with Crippen LogP contribution < -0.4 is 4.74 Å². The van der Waals surface area contributed by atoms with E-state index in [9.17, 15) is 4.79 Å². The first-order chi connectivity index (χ1) is 14.5. The monoisotopic (exact) mass is 414 g/mol. The van der Waals surface area contributed by atoms with Crippen LogP contribution in [0.5, 0.6) is 5.75 Å². The van der Waals surface area contributed by atoms with Crippen LogP contribution in [0.15, 0.2) is 24.3 Å². The summed E-state index contributed by atoms with van der Waals surface area (Å²) in [6.45, 7) is 7.97. The van der Waals surface area contributed by atoms with Gasteiger partial charge in [0.15, 0.2) is 5.82 Å². The molecule has 1 aromatic heterocycles. The quantitative estimate of drug-likeness (QED) is 0.628. The summed E-state index contributed by atoms with van der Waals surface area (Å²) in [5, 5.41) is 12.2. The molecule has 0 saturated carbocycles. The van der Waals surface area contributed by atoms with Gasteiger partial charge in [0.2, 0.25) is 5.91 Å². The van der Waals surface area contributed by atoms with Gasteiger partial charge in [-0.15, -0.1) is 5.10 Å². The van der Waals surface area contributed by atoms with E-state index in [2.05, 4.69) is 27.3 Å². The minimum Gasteiger partial charge on any atom is -0.497 e. The molecule has 2 heterocycles. The molecule has 0 aliphatic carbocycles. The Hall–Kier alpha value is -2.48. The lowest BCUT2D eigenvalue weighted by Gasteiger charge is -2.29. The van der Waals surface area contributed by atoms with Crippen molar-refractivity contribution in [2.75, 3.05) is 27.2 Å². The van der Waals surface area contributed by atoms with Gasteiger partial charge in [-0.25, -0.2) is 4.68 Å². The molecule has 3 rings (SSSR count). The summed E-state index contributed by atoms with van der Waals surface area (Å²) < 4.78 is 7.14. The number of aromatic nitrogens is 4. The molecule has 0 unspecified atom stereocenters. The number of ether oxygens (including phenoxy) is 1. The lowest BCUT2D eigenvalue weighted by molar-refractivity contribution is -0.132. The fourth-order valence-electron chi connectivity index (χ4n) is 3.83. The Morgan fingerprint density at radius 1 is 1.33 bits per heavy atom. The van der Waals surface area contributed by atoms with Gasteiger partial charge in [-0.1, -0.05) is 19.1 Å². The topological polar surface area (TPSA) is 76.4 Å². The van der Waals surface area contributed by atoms with Crippen LogP contribution in [-0.4, -0.2) is 63.2 Å². The number of piperidine rings is 1. The number of aryl methyl sites for hydroxylation is 1. The summed E-state index contributed by atoms with van der Waals surface area (Å²) in [4.78, 5) is 16.9. The van der Waals surface area contributed by atoms with Gasteiger partial charge in [0.1, 0.15) is 5.75 Å². The van der Waals surface area contributed by atoms with Crippen LogP contribution in [0.4, 0.5) is 0 Å². The van der Waals surface area contributed by atoms with Crippen molar-refractivity contribution >= 4 is 5.91 Å². The normalized spacial score (nSPS) is 16.4. The molecule has 8 nitrogen and oxygen atoms in total. The highest BCUT2D eigenvalue weighted by Crippen LogP contribution is 2.23. The second-order valence-electron chi connectivity index (χ2n) is 8.34. The third-order valence-corrected chi connectivity index (χ3v) is 6.16. The van der Waals surface area contributed by atoms with Gasteiger partial charge in [0.25, 0.3) is 0 Å². The van der Waals surface area contributed by atoms with Crippen molar-refractivity contribution in [2.45, 2.75) is 58.7 Å². The molecule has 2 aromatic rings. The number of methoxy groups -OCH3 is 1. The Labute approximate surface area is 179 Å². The molecule has 164 valence electrons. The standard InChI is InChI=1S/C22H34N6O2/c1-17-10-13-27(14-11-17)16-21-23-24-25-28(21)12-6-9-22(29)26(3)18(2)19-7-5-8-20(15-19)30-4/h5,7-8,15,17-18H,6,9-14,16H2,1-4H3/t18-/m1/s1. The summed E-state index contributed by atoms with van der Waals surface area (Å²) >= 11 is 0. The van der Waals surface area contributed by atoms with Gasteiger partial charge < -0.3 is 9.64 Å². The van der Waals surface area contributed by atoms with E-state index in [4.69, 9.17) is 4.74 Å². The van der Waals surface area contributed by atoms with E-state index in [-0.39, 0.29) is 11.9 Å². The van der Waals surface area contributed by atoms with Crippen LogP contribution in [-0.2, 0) is 17.9 Å². The van der Waals surface area contributed by atoms with Crippen molar-refractivity contribution in [2.24, 2.45) is 5.92 Å². The molecular formula is C22H34N6O2. The molecule has 1 aromatic carbocycles. The van der Waals surface area contributed by atoms with E-state index >= 15 is 0 Å². The fourth-order valence-corrected chi connectivity index (χ4v) is 3.83. The van der Waals surface area contributed by atoms with Crippen molar-refractivity contribution in [1.29, 1.82) is 0 Å². The van der Waals surface area contributed by atoms with Crippen LogP contribution in [0.2, 0.25) is 0 Å². The third kappa shape index (κ3) is 5.78. The Morgan fingerprint density at radius 2 is 2.10 bits per heavy atom. The Morgan fingerprint density at radius 3 is 2.83 bits per heavy atom. The molecule has 30 heavy (non-hydrogen) atoms. The molecule has 1 atom stereocenters. The second kappa shape index (κ2) is 10.5. The predicted molar refractivity (Wildman–Crippen MR) is 115 cm³/mol. The first kappa shape index (κ1) is 22.2. The van der Waals surface area contributed by atoms with Gasteiger partial charge in [0, 0.05) is 20.0 Å². The lowest BCUT2D eigenvalue weighted by atomic mass is 9.99. The van der Waals surface area contributed by atoms with Crippen LogP contribution in [0, 0.1) is 5.92 Å².